The Morgan fingerprint density at radius 1 is 0.927 bits per heavy atom. The van der Waals surface area contributed by atoms with Gasteiger partial charge < -0.3 is 24.8 Å². The number of methoxy groups -OCH3 is 2. The summed E-state index contributed by atoms with van der Waals surface area (Å²) in [6, 6.07) is 21.1. The normalized spacial score (nSPS) is 18.4. The zero-order valence-electron chi connectivity index (χ0n) is 24.2. The summed E-state index contributed by atoms with van der Waals surface area (Å²) in [6.07, 6.45) is 0.933. The molecule has 1 amide bonds. The lowest BCUT2D eigenvalue weighted by Crippen LogP contribution is -2.37. The van der Waals surface area contributed by atoms with E-state index in [4.69, 9.17) is 14.2 Å². The van der Waals surface area contributed by atoms with E-state index in [9.17, 15) is 9.59 Å². The van der Waals surface area contributed by atoms with Crippen LogP contribution in [0.1, 0.15) is 55.2 Å². The molecule has 5 rings (SSSR count). The zero-order valence-corrected chi connectivity index (χ0v) is 24.2. The molecular formula is C34H36N2O5. The lowest BCUT2D eigenvalue weighted by atomic mass is 9.71. The van der Waals surface area contributed by atoms with E-state index in [1.54, 1.807) is 14.2 Å². The zero-order chi connectivity index (χ0) is 29.1. The van der Waals surface area contributed by atoms with Crippen LogP contribution >= 0.6 is 0 Å². The summed E-state index contributed by atoms with van der Waals surface area (Å²) in [5.74, 6) is 1.07. The summed E-state index contributed by atoms with van der Waals surface area (Å²) < 4.78 is 16.9. The molecule has 212 valence electrons. The largest absolute Gasteiger partial charge is 0.494 e. The minimum Gasteiger partial charge on any atom is -0.494 e. The summed E-state index contributed by atoms with van der Waals surface area (Å²) in [7, 11) is 3.21. The van der Waals surface area contributed by atoms with Gasteiger partial charge in [0.05, 0.1) is 26.7 Å². The van der Waals surface area contributed by atoms with Crippen molar-refractivity contribution >= 4 is 17.4 Å². The summed E-state index contributed by atoms with van der Waals surface area (Å²) >= 11 is 0. The van der Waals surface area contributed by atoms with E-state index in [0.717, 1.165) is 28.1 Å². The van der Waals surface area contributed by atoms with Crippen molar-refractivity contribution in [2.24, 2.45) is 0 Å². The number of para-hydroxylation sites is 2. The predicted octanol–water partition coefficient (Wildman–Crippen LogP) is 6.41. The Hall–Kier alpha value is -4.52. The number of benzene rings is 3. The SMILES string of the molecule is CCOc1ccccc1[C@H]1C(C(=O)Nc2ccccc2C)=C(C)NC2=C1C(=O)C[C@H](c1ccc(OC)c(OC)c1)C2. The fraction of sp³-hybridized carbons (Fsp3) is 0.294. The number of rotatable bonds is 8. The second-order valence-corrected chi connectivity index (χ2v) is 10.4. The second-order valence-electron chi connectivity index (χ2n) is 10.4. The first-order valence-electron chi connectivity index (χ1n) is 13.9. The number of hydrogen-bond donors (Lipinski definition) is 2. The van der Waals surface area contributed by atoms with Crippen molar-refractivity contribution in [2.45, 2.75) is 45.4 Å². The molecule has 1 aliphatic heterocycles. The van der Waals surface area contributed by atoms with Crippen LogP contribution in [0.4, 0.5) is 5.69 Å². The van der Waals surface area contributed by atoms with E-state index in [1.165, 1.54) is 0 Å². The highest BCUT2D eigenvalue weighted by Crippen LogP contribution is 2.48. The van der Waals surface area contributed by atoms with E-state index < -0.39 is 5.92 Å². The van der Waals surface area contributed by atoms with Crippen LogP contribution in [-0.4, -0.2) is 32.5 Å². The minimum atomic E-state index is -0.572. The maximum Gasteiger partial charge on any atom is 0.254 e. The molecule has 7 heteroatoms. The van der Waals surface area contributed by atoms with Gasteiger partial charge in [0.25, 0.3) is 5.91 Å². The molecule has 7 nitrogen and oxygen atoms in total. The Kier molecular flexibility index (Phi) is 8.15. The van der Waals surface area contributed by atoms with Crippen molar-refractivity contribution < 1.29 is 23.8 Å². The summed E-state index contributed by atoms with van der Waals surface area (Å²) in [5.41, 5.74) is 6.18. The lowest BCUT2D eigenvalue weighted by molar-refractivity contribution is -0.116. The van der Waals surface area contributed by atoms with Crippen LogP contribution in [-0.2, 0) is 9.59 Å². The first-order valence-corrected chi connectivity index (χ1v) is 13.9. The highest BCUT2D eigenvalue weighted by atomic mass is 16.5. The molecule has 0 saturated carbocycles. The monoisotopic (exact) mass is 552 g/mol. The number of allylic oxidation sites excluding steroid dienone is 3. The maximum atomic E-state index is 14.1. The third-order valence-corrected chi connectivity index (χ3v) is 7.87. The first-order chi connectivity index (χ1) is 19.9. The van der Waals surface area contributed by atoms with Crippen molar-refractivity contribution in [2.75, 3.05) is 26.1 Å². The molecule has 0 saturated heterocycles. The topological polar surface area (TPSA) is 85.9 Å². The number of dihydropyridines is 1. The van der Waals surface area contributed by atoms with Gasteiger partial charge in [-0.2, -0.15) is 0 Å². The van der Waals surface area contributed by atoms with E-state index in [2.05, 4.69) is 10.6 Å². The Bertz CT molecular complexity index is 1550. The molecule has 3 aromatic carbocycles. The van der Waals surface area contributed by atoms with Crippen LogP contribution in [0.15, 0.2) is 89.3 Å². The average Bonchev–Trinajstić information content (AvgIpc) is 2.97. The number of aryl methyl sites for hydroxylation is 1. The van der Waals surface area contributed by atoms with Crippen molar-refractivity contribution in [3.8, 4) is 17.2 Å². The van der Waals surface area contributed by atoms with Gasteiger partial charge in [0.2, 0.25) is 0 Å². The third kappa shape index (κ3) is 5.44. The van der Waals surface area contributed by atoms with Crippen molar-refractivity contribution in [3.05, 3.63) is 106 Å². The number of carbonyl (C=O) groups excluding carboxylic acids is 2. The molecule has 0 radical (unpaired) electrons. The summed E-state index contributed by atoms with van der Waals surface area (Å²) in [4.78, 5) is 28.1. The molecule has 0 bridgehead atoms. The van der Waals surface area contributed by atoms with Crippen LogP contribution in [0.2, 0.25) is 0 Å². The summed E-state index contributed by atoms with van der Waals surface area (Å²) in [5, 5.41) is 6.56. The van der Waals surface area contributed by atoms with E-state index in [1.807, 2.05) is 87.5 Å². The van der Waals surface area contributed by atoms with Crippen LogP contribution in [0, 0.1) is 6.92 Å². The fourth-order valence-corrected chi connectivity index (χ4v) is 5.90. The van der Waals surface area contributed by atoms with Crippen molar-refractivity contribution in [3.63, 3.8) is 0 Å². The second kappa shape index (κ2) is 11.9. The third-order valence-electron chi connectivity index (χ3n) is 7.87. The van der Waals surface area contributed by atoms with Gasteiger partial charge in [0.15, 0.2) is 17.3 Å². The van der Waals surface area contributed by atoms with E-state index >= 15 is 0 Å². The van der Waals surface area contributed by atoms with Gasteiger partial charge in [-0.1, -0.05) is 42.5 Å². The number of amides is 1. The first kappa shape index (κ1) is 28.0. The number of anilines is 1. The van der Waals surface area contributed by atoms with E-state index in [0.29, 0.717) is 53.5 Å². The number of hydrogen-bond acceptors (Lipinski definition) is 6. The van der Waals surface area contributed by atoms with Gasteiger partial charge in [-0.05, 0) is 68.5 Å². The molecule has 1 heterocycles. The molecule has 2 atom stereocenters. The molecule has 2 aliphatic rings. The Morgan fingerprint density at radius 2 is 1.66 bits per heavy atom. The molecule has 1 aliphatic carbocycles. The molecule has 0 aromatic heterocycles. The van der Waals surface area contributed by atoms with Gasteiger partial charge in [-0.3, -0.25) is 9.59 Å². The Balaban J connectivity index is 1.59. The number of carbonyl (C=O) groups is 2. The summed E-state index contributed by atoms with van der Waals surface area (Å²) in [6.45, 7) is 6.25. The smallest absolute Gasteiger partial charge is 0.254 e. The predicted molar refractivity (Wildman–Crippen MR) is 160 cm³/mol. The molecule has 2 N–H and O–H groups in total. The highest BCUT2D eigenvalue weighted by molar-refractivity contribution is 6.10. The molecule has 0 spiro atoms. The van der Waals surface area contributed by atoms with Gasteiger partial charge in [-0.25, -0.2) is 0 Å². The molecule has 0 fully saturated rings. The number of ketones is 1. The van der Waals surface area contributed by atoms with E-state index in [-0.39, 0.29) is 17.6 Å². The number of nitrogens with one attached hydrogen (secondary N) is 2. The lowest BCUT2D eigenvalue weighted by Gasteiger charge is -2.37. The minimum absolute atomic E-state index is 0.00327. The van der Waals surface area contributed by atoms with Crippen LogP contribution < -0.4 is 24.8 Å². The Labute approximate surface area is 241 Å². The quantitative estimate of drug-likeness (QED) is 0.336. The molecule has 3 aromatic rings. The van der Waals surface area contributed by atoms with Crippen molar-refractivity contribution in [1.82, 2.24) is 5.32 Å². The Morgan fingerprint density at radius 3 is 2.39 bits per heavy atom. The van der Waals surface area contributed by atoms with Gasteiger partial charge >= 0.3 is 0 Å². The van der Waals surface area contributed by atoms with Crippen LogP contribution in [0.25, 0.3) is 0 Å². The number of Topliss-reactive ketones (excluding diaryl/α,β-unsaturated/α-hetero) is 1. The average molecular weight is 553 g/mol. The van der Waals surface area contributed by atoms with Crippen molar-refractivity contribution in [1.29, 1.82) is 0 Å². The number of ether oxygens (including phenoxy) is 3. The highest BCUT2D eigenvalue weighted by Gasteiger charge is 2.42. The van der Waals surface area contributed by atoms with Gasteiger partial charge in [0.1, 0.15) is 5.75 Å². The van der Waals surface area contributed by atoms with Crippen LogP contribution in [0.5, 0.6) is 17.2 Å². The molecule has 41 heavy (non-hydrogen) atoms. The standard InChI is InChI=1S/C34H36N2O5/c1-6-41-28-14-10-8-12-24(28)32-31(34(38)36-25-13-9-7-11-20(25)2)21(3)35-26-17-23(18-27(37)33(26)32)22-15-16-29(39-4)30(19-22)40-5/h7-16,19,23,32,35H,6,17-18H2,1-5H3,(H,36,38)/t23-,32+/m1/s1. The van der Waals surface area contributed by atoms with Gasteiger partial charge in [-0.15, -0.1) is 0 Å². The fourth-order valence-electron chi connectivity index (χ4n) is 5.90. The maximum absolute atomic E-state index is 14.1. The van der Waals surface area contributed by atoms with Crippen LogP contribution in [0.3, 0.4) is 0 Å². The molecular weight excluding hydrogens is 516 g/mol. The van der Waals surface area contributed by atoms with Gasteiger partial charge in [0, 0.05) is 40.2 Å². The molecule has 0 unspecified atom stereocenters.